The van der Waals surface area contributed by atoms with Crippen molar-refractivity contribution in [2.24, 2.45) is 0 Å². The highest BCUT2D eigenvalue weighted by Crippen LogP contribution is 2.23. The fourth-order valence-corrected chi connectivity index (χ4v) is 3.07. The molecule has 2 N–H and O–H groups in total. The lowest BCUT2D eigenvalue weighted by Gasteiger charge is -2.26. The van der Waals surface area contributed by atoms with Gasteiger partial charge in [-0.15, -0.1) is 0 Å². The Balaban J connectivity index is 1.50. The Bertz CT molecular complexity index is 790. The van der Waals surface area contributed by atoms with Crippen LogP contribution >= 0.6 is 0 Å². The molecular weight excluding hydrogens is 294 g/mol. The minimum atomic E-state index is -0.906. The van der Waals surface area contributed by atoms with Crippen molar-refractivity contribution in [3.63, 3.8) is 0 Å². The van der Waals surface area contributed by atoms with Gasteiger partial charge in [0.2, 0.25) is 0 Å². The van der Waals surface area contributed by atoms with Crippen LogP contribution in [-0.2, 0) is 19.6 Å². The Morgan fingerprint density at radius 2 is 2.09 bits per heavy atom. The number of hydrogen-bond acceptors (Lipinski definition) is 5. The van der Waals surface area contributed by atoms with E-state index < -0.39 is 6.10 Å². The zero-order chi connectivity index (χ0) is 15.8. The summed E-state index contributed by atoms with van der Waals surface area (Å²) >= 11 is 0. The molecule has 6 nitrogen and oxygen atoms in total. The van der Waals surface area contributed by atoms with E-state index in [4.69, 9.17) is 9.52 Å². The van der Waals surface area contributed by atoms with Gasteiger partial charge in [-0.25, -0.2) is 0 Å². The number of nitrogens with zero attached hydrogens (tertiary/aromatic N) is 3. The van der Waals surface area contributed by atoms with Gasteiger partial charge in [0.25, 0.3) is 0 Å². The van der Waals surface area contributed by atoms with E-state index in [1.165, 1.54) is 0 Å². The summed E-state index contributed by atoms with van der Waals surface area (Å²) in [7, 11) is 0. The minimum absolute atomic E-state index is 0.306. The molecule has 6 heteroatoms. The number of rotatable bonds is 4. The molecule has 0 saturated carbocycles. The van der Waals surface area contributed by atoms with Crippen LogP contribution in [0.3, 0.4) is 0 Å². The number of aromatic nitrogens is 2. The molecule has 23 heavy (non-hydrogen) atoms. The fourth-order valence-electron chi connectivity index (χ4n) is 3.07. The lowest BCUT2D eigenvalue weighted by atomic mass is 10.2. The first-order chi connectivity index (χ1) is 11.2. The predicted molar refractivity (Wildman–Crippen MR) is 84.6 cm³/mol. The van der Waals surface area contributed by atoms with E-state index in [0.717, 1.165) is 48.6 Å². The second-order valence-electron chi connectivity index (χ2n) is 5.94. The van der Waals surface area contributed by atoms with Gasteiger partial charge in [-0.05, 0) is 18.2 Å². The number of benzene rings is 1. The number of furan rings is 1. The predicted octanol–water partition coefficient (Wildman–Crippen LogP) is 1.67. The lowest BCUT2D eigenvalue weighted by Crippen LogP contribution is -2.33. The smallest absolute Gasteiger partial charge is 0.134 e. The van der Waals surface area contributed by atoms with Gasteiger partial charge < -0.3 is 14.6 Å². The summed E-state index contributed by atoms with van der Waals surface area (Å²) in [5.41, 5.74) is 2.50. The maximum absolute atomic E-state index is 9.71. The monoisotopic (exact) mass is 313 g/mol. The van der Waals surface area contributed by atoms with Crippen molar-refractivity contribution < 1.29 is 14.6 Å². The van der Waals surface area contributed by atoms with Crippen molar-refractivity contribution in [2.45, 2.75) is 25.7 Å². The number of aliphatic hydroxyl groups is 2. The van der Waals surface area contributed by atoms with E-state index in [-0.39, 0.29) is 6.61 Å². The minimum Gasteiger partial charge on any atom is -0.460 e. The van der Waals surface area contributed by atoms with Crippen LogP contribution in [0.15, 0.2) is 40.8 Å². The Hall–Kier alpha value is -2.15. The van der Waals surface area contributed by atoms with Gasteiger partial charge >= 0.3 is 0 Å². The summed E-state index contributed by atoms with van der Waals surface area (Å²) in [4.78, 5) is 2.30. The van der Waals surface area contributed by atoms with Gasteiger partial charge in [-0.1, -0.05) is 18.2 Å². The summed E-state index contributed by atoms with van der Waals surface area (Å²) in [6.07, 6.45) is -0.906. The van der Waals surface area contributed by atoms with Crippen molar-refractivity contribution >= 4 is 11.0 Å². The molecule has 1 aliphatic rings. The highest BCUT2D eigenvalue weighted by atomic mass is 16.3. The van der Waals surface area contributed by atoms with E-state index in [9.17, 15) is 5.11 Å². The molecule has 120 valence electrons. The van der Waals surface area contributed by atoms with Gasteiger partial charge in [0.05, 0.1) is 31.1 Å². The second-order valence-corrected chi connectivity index (χ2v) is 5.94. The van der Waals surface area contributed by atoms with E-state index in [1.54, 1.807) is 0 Å². The number of para-hydroxylation sites is 1. The largest absolute Gasteiger partial charge is 0.460 e. The van der Waals surface area contributed by atoms with Crippen molar-refractivity contribution in [2.75, 3.05) is 13.2 Å². The van der Waals surface area contributed by atoms with Crippen molar-refractivity contribution in [1.29, 1.82) is 0 Å². The molecule has 1 atom stereocenters. The zero-order valence-corrected chi connectivity index (χ0v) is 12.7. The van der Waals surface area contributed by atoms with Crippen molar-refractivity contribution in [3.8, 4) is 0 Å². The lowest BCUT2D eigenvalue weighted by molar-refractivity contribution is 0.0915. The van der Waals surface area contributed by atoms with E-state index in [0.29, 0.717) is 5.69 Å². The van der Waals surface area contributed by atoms with Gasteiger partial charge in [-0.2, -0.15) is 5.10 Å². The van der Waals surface area contributed by atoms with E-state index in [1.807, 2.05) is 28.9 Å². The normalized spacial score (nSPS) is 16.6. The van der Waals surface area contributed by atoms with Crippen molar-refractivity contribution in [1.82, 2.24) is 14.7 Å². The molecule has 0 aliphatic carbocycles. The third kappa shape index (κ3) is 2.76. The molecule has 1 aliphatic heterocycles. The maximum Gasteiger partial charge on any atom is 0.134 e. The SMILES string of the molecule is OCC(O)c1cc2n(n1)CCN(Cc1cc3ccccc3o1)C2. The molecule has 4 rings (SSSR count). The molecule has 0 amide bonds. The second kappa shape index (κ2) is 5.81. The average molecular weight is 313 g/mol. The van der Waals surface area contributed by atoms with Crippen LogP contribution in [0.4, 0.5) is 0 Å². The van der Waals surface area contributed by atoms with Crippen LogP contribution in [0, 0.1) is 0 Å². The molecule has 0 bridgehead atoms. The first-order valence-electron chi connectivity index (χ1n) is 7.78. The summed E-state index contributed by atoms with van der Waals surface area (Å²) < 4.78 is 7.79. The molecule has 0 radical (unpaired) electrons. The van der Waals surface area contributed by atoms with Crippen LogP contribution in [0.1, 0.15) is 23.3 Å². The molecule has 3 heterocycles. The maximum atomic E-state index is 9.71. The Morgan fingerprint density at radius 3 is 2.91 bits per heavy atom. The van der Waals surface area contributed by atoms with Gasteiger partial charge in [0, 0.05) is 18.5 Å². The summed E-state index contributed by atoms with van der Waals surface area (Å²) in [6, 6.07) is 12.0. The molecule has 1 unspecified atom stereocenters. The molecule has 2 aromatic heterocycles. The number of aliphatic hydroxyl groups excluding tert-OH is 2. The summed E-state index contributed by atoms with van der Waals surface area (Å²) in [5, 5.41) is 24.2. The van der Waals surface area contributed by atoms with Crippen LogP contribution in [0.2, 0.25) is 0 Å². The van der Waals surface area contributed by atoms with Crippen LogP contribution in [0.25, 0.3) is 11.0 Å². The standard InChI is InChI=1S/C17H19N3O3/c21-11-16(22)15-8-13-9-19(5-6-20(13)18-15)10-14-7-12-3-1-2-4-17(12)23-14/h1-4,7-8,16,21-22H,5-6,9-11H2. The van der Waals surface area contributed by atoms with Crippen LogP contribution in [0.5, 0.6) is 0 Å². The van der Waals surface area contributed by atoms with Gasteiger partial charge in [0.1, 0.15) is 17.4 Å². The molecule has 0 saturated heterocycles. The first-order valence-corrected chi connectivity index (χ1v) is 7.78. The summed E-state index contributed by atoms with van der Waals surface area (Å²) in [6.45, 7) is 2.84. The van der Waals surface area contributed by atoms with Crippen molar-refractivity contribution in [3.05, 3.63) is 53.5 Å². The van der Waals surface area contributed by atoms with E-state index >= 15 is 0 Å². The highest BCUT2D eigenvalue weighted by Gasteiger charge is 2.21. The molecular formula is C17H19N3O3. The fraction of sp³-hybridized carbons (Fsp3) is 0.353. The Kier molecular flexibility index (Phi) is 3.65. The molecule has 0 spiro atoms. The number of fused-ring (bicyclic) bond motifs is 2. The van der Waals surface area contributed by atoms with Crippen LogP contribution in [-0.4, -0.2) is 38.0 Å². The Labute approximate surface area is 133 Å². The highest BCUT2D eigenvalue weighted by molar-refractivity contribution is 5.77. The number of hydrogen-bond donors (Lipinski definition) is 2. The van der Waals surface area contributed by atoms with E-state index in [2.05, 4.69) is 22.1 Å². The van der Waals surface area contributed by atoms with Gasteiger partial charge in [0.15, 0.2) is 0 Å². The molecule has 0 fully saturated rings. The quantitative estimate of drug-likeness (QED) is 0.766. The zero-order valence-electron chi connectivity index (χ0n) is 12.7. The summed E-state index contributed by atoms with van der Waals surface area (Å²) in [5.74, 6) is 0.954. The Morgan fingerprint density at radius 1 is 1.22 bits per heavy atom. The first kappa shape index (κ1) is 14.4. The third-order valence-electron chi connectivity index (χ3n) is 4.27. The van der Waals surface area contributed by atoms with Crippen LogP contribution < -0.4 is 0 Å². The molecule has 1 aromatic carbocycles. The average Bonchev–Trinajstić information content (AvgIpc) is 3.16. The van der Waals surface area contributed by atoms with Gasteiger partial charge in [-0.3, -0.25) is 9.58 Å². The topological polar surface area (TPSA) is 74.7 Å². The third-order valence-corrected chi connectivity index (χ3v) is 4.27. The molecule has 3 aromatic rings.